The van der Waals surface area contributed by atoms with Gasteiger partial charge >= 0.3 is 6.01 Å². The zero-order valence-electron chi connectivity index (χ0n) is 16.6. The van der Waals surface area contributed by atoms with Gasteiger partial charge in [-0.05, 0) is 36.1 Å². The molecule has 0 spiro atoms. The quantitative estimate of drug-likeness (QED) is 0.683. The molecule has 1 saturated heterocycles. The van der Waals surface area contributed by atoms with E-state index in [4.69, 9.17) is 4.42 Å². The van der Waals surface area contributed by atoms with Crippen LogP contribution in [0.2, 0.25) is 0 Å². The Kier molecular flexibility index (Phi) is 4.12. The third kappa shape index (κ3) is 3.16. The van der Waals surface area contributed by atoms with E-state index < -0.39 is 5.41 Å². The summed E-state index contributed by atoms with van der Waals surface area (Å²) in [6, 6.07) is 12.8. The van der Waals surface area contributed by atoms with Crippen LogP contribution in [0.3, 0.4) is 0 Å². The van der Waals surface area contributed by atoms with Crippen molar-refractivity contribution in [1.82, 2.24) is 20.1 Å². The van der Waals surface area contributed by atoms with E-state index in [0.29, 0.717) is 44.5 Å². The van der Waals surface area contributed by atoms with Crippen molar-refractivity contribution < 1.29 is 9.21 Å². The van der Waals surface area contributed by atoms with Gasteiger partial charge in [-0.3, -0.25) is 9.78 Å². The molecule has 0 unspecified atom stereocenters. The standard InChI is InChI=1S/C22H23N5O2/c1-15-8-18-11-26(12-19(18)10-23-15)20(28)22(9-17-6-4-3-5-7-17)13-27(14-22)21-25-24-16(2)29-21/h3-8,10H,9,11-14H2,1-2H3. The number of fused-ring (bicyclic) bond motifs is 1. The molecule has 148 valence electrons. The normalized spacial score (nSPS) is 17.2. The van der Waals surface area contributed by atoms with Crippen molar-refractivity contribution in [2.24, 2.45) is 5.41 Å². The molecule has 2 aromatic heterocycles. The smallest absolute Gasteiger partial charge is 0.318 e. The monoisotopic (exact) mass is 389 g/mol. The van der Waals surface area contributed by atoms with Crippen molar-refractivity contribution in [3.8, 4) is 0 Å². The maximum atomic E-state index is 13.7. The Bertz CT molecular complexity index is 1060. The molecule has 4 heterocycles. The Hall–Kier alpha value is -3.22. The highest BCUT2D eigenvalue weighted by molar-refractivity contribution is 5.87. The molecule has 0 aliphatic carbocycles. The van der Waals surface area contributed by atoms with Crippen molar-refractivity contribution in [3.05, 3.63) is 70.9 Å². The second-order valence-corrected chi connectivity index (χ2v) is 8.16. The van der Waals surface area contributed by atoms with Crippen LogP contribution in [0.1, 0.15) is 28.3 Å². The van der Waals surface area contributed by atoms with Gasteiger partial charge in [0.1, 0.15) is 0 Å². The highest BCUT2D eigenvalue weighted by Gasteiger charge is 2.53. The highest BCUT2D eigenvalue weighted by Crippen LogP contribution is 2.40. The van der Waals surface area contributed by atoms with Crippen LogP contribution in [0.4, 0.5) is 6.01 Å². The van der Waals surface area contributed by atoms with Gasteiger partial charge in [-0.15, -0.1) is 5.10 Å². The van der Waals surface area contributed by atoms with Crippen LogP contribution in [0, 0.1) is 19.3 Å². The number of hydrogen-bond donors (Lipinski definition) is 0. The molecule has 2 aliphatic heterocycles. The highest BCUT2D eigenvalue weighted by atomic mass is 16.4. The lowest BCUT2D eigenvalue weighted by molar-refractivity contribution is -0.144. The first-order valence-corrected chi connectivity index (χ1v) is 9.85. The minimum absolute atomic E-state index is 0.183. The van der Waals surface area contributed by atoms with Crippen LogP contribution in [0.25, 0.3) is 0 Å². The Morgan fingerprint density at radius 3 is 2.59 bits per heavy atom. The van der Waals surface area contributed by atoms with E-state index in [0.717, 1.165) is 16.8 Å². The summed E-state index contributed by atoms with van der Waals surface area (Å²) >= 11 is 0. The first kappa shape index (κ1) is 17.8. The van der Waals surface area contributed by atoms with E-state index in [-0.39, 0.29) is 5.91 Å². The molecule has 2 aliphatic rings. The number of amides is 1. The Morgan fingerprint density at radius 1 is 1.10 bits per heavy atom. The fourth-order valence-electron chi connectivity index (χ4n) is 4.42. The van der Waals surface area contributed by atoms with E-state index in [1.807, 2.05) is 41.1 Å². The molecule has 5 rings (SSSR count). The van der Waals surface area contributed by atoms with Crippen LogP contribution >= 0.6 is 0 Å². The molecule has 7 heteroatoms. The van der Waals surface area contributed by atoms with Crippen molar-refractivity contribution >= 4 is 11.9 Å². The molecule has 7 nitrogen and oxygen atoms in total. The van der Waals surface area contributed by atoms with E-state index >= 15 is 0 Å². The molecule has 0 atom stereocenters. The number of nitrogens with zero attached hydrogens (tertiary/aromatic N) is 5. The summed E-state index contributed by atoms with van der Waals surface area (Å²) in [5.74, 6) is 0.715. The van der Waals surface area contributed by atoms with E-state index in [1.54, 1.807) is 6.92 Å². The number of aromatic nitrogens is 3. The Labute approximate surface area is 169 Å². The summed E-state index contributed by atoms with van der Waals surface area (Å²) in [6.45, 7) is 6.18. The summed E-state index contributed by atoms with van der Waals surface area (Å²) < 4.78 is 5.57. The summed E-state index contributed by atoms with van der Waals surface area (Å²) in [7, 11) is 0. The van der Waals surface area contributed by atoms with Crippen LogP contribution < -0.4 is 4.90 Å². The molecular formula is C22H23N5O2. The minimum Gasteiger partial charge on any atom is -0.408 e. The first-order valence-electron chi connectivity index (χ1n) is 9.85. The van der Waals surface area contributed by atoms with Crippen molar-refractivity contribution in [1.29, 1.82) is 0 Å². The number of aryl methyl sites for hydroxylation is 2. The number of rotatable bonds is 4. The van der Waals surface area contributed by atoms with Gasteiger partial charge in [-0.2, -0.15) is 0 Å². The lowest BCUT2D eigenvalue weighted by atomic mass is 9.73. The molecule has 29 heavy (non-hydrogen) atoms. The molecule has 1 amide bonds. The molecule has 0 bridgehead atoms. The number of carbonyl (C=O) groups excluding carboxylic acids is 1. The van der Waals surface area contributed by atoms with Gasteiger partial charge in [0.15, 0.2) is 0 Å². The van der Waals surface area contributed by atoms with Gasteiger partial charge in [-0.1, -0.05) is 35.4 Å². The zero-order chi connectivity index (χ0) is 20.0. The average Bonchev–Trinajstić information content (AvgIpc) is 3.30. The third-order valence-corrected chi connectivity index (χ3v) is 5.84. The fraction of sp³-hybridized carbons (Fsp3) is 0.364. The van der Waals surface area contributed by atoms with Gasteiger partial charge in [-0.25, -0.2) is 0 Å². The summed E-state index contributed by atoms with van der Waals surface area (Å²) in [5.41, 5.74) is 4.00. The van der Waals surface area contributed by atoms with Crippen LogP contribution in [-0.4, -0.2) is 39.1 Å². The van der Waals surface area contributed by atoms with Gasteiger partial charge in [0, 0.05) is 45.0 Å². The molecule has 0 saturated carbocycles. The molecule has 0 radical (unpaired) electrons. The number of benzene rings is 1. The number of anilines is 1. The Morgan fingerprint density at radius 2 is 1.86 bits per heavy atom. The summed E-state index contributed by atoms with van der Waals surface area (Å²) in [5, 5.41) is 8.03. The van der Waals surface area contributed by atoms with Gasteiger partial charge < -0.3 is 14.2 Å². The second kappa shape index (κ2) is 6.69. The second-order valence-electron chi connectivity index (χ2n) is 8.16. The molecule has 3 aromatic rings. The number of hydrogen-bond acceptors (Lipinski definition) is 6. The summed E-state index contributed by atoms with van der Waals surface area (Å²) in [6.07, 6.45) is 2.59. The average molecular weight is 389 g/mol. The number of pyridine rings is 1. The predicted octanol–water partition coefficient (Wildman–Crippen LogP) is 2.67. The lowest BCUT2D eigenvalue weighted by Gasteiger charge is -2.49. The van der Waals surface area contributed by atoms with E-state index in [2.05, 4.69) is 33.4 Å². The molecular weight excluding hydrogens is 366 g/mol. The van der Waals surface area contributed by atoms with Crippen LogP contribution in [0.15, 0.2) is 47.0 Å². The van der Waals surface area contributed by atoms with Gasteiger partial charge in [0.25, 0.3) is 0 Å². The fourth-order valence-corrected chi connectivity index (χ4v) is 4.42. The van der Waals surface area contributed by atoms with Gasteiger partial charge in [0.2, 0.25) is 11.8 Å². The van der Waals surface area contributed by atoms with E-state index in [9.17, 15) is 4.79 Å². The topological polar surface area (TPSA) is 75.4 Å². The summed E-state index contributed by atoms with van der Waals surface area (Å²) in [4.78, 5) is 22.0. The maximum Gasteiger partial charge on any atom is 0.318 e. The minimum atomic E-state index is -0.492. The van der Waals surface area contributed by atoms with Crippen molar-refractivity contribution in [3.63, 3.8) is 0 Å². The molecule has 1 aromatic carbocycles. The Balaban J connectivity index is 1.40. The first-order chi connectivity index (χ1) is 14.0. The van der Waals surface area contributed by atoms with Crippen LogP contribution in [0.5, 0.6) is 0 Å². The van der Waals surface area contributed by atoms with Crippen molar-refractivity contribution in [2.75, 3.05) is 18.0 Å². The van der Waals surface area contributed by atoms with Gasteiger partial charge in [0.05, 0.1) is 5.41 Å². The van der Waals surface area contributed by atoms with Crippen LogP contribution in [-0.2, 0) is 24.3 Å². The van der Waals surface area contributed by atoms with Crippen molar-refractivity contribution in [2.45, 2.75) is 33.4 Å². The maximum absolute atomic E-state index is 13.7. The lowest BCUT2D eigenvalue weighted by Crippen LogP contribution is -2.64. The van der Waals surface area contributed by atoms with E-state index in [1.165, 1.54) is 5.56 Å². The third-order valence-electron chi connectivity index (χ3n) is 5.84. The number of carbonyl (C=O) groups is 1. The largest absolute Gasteiger partial charge is 0.408 e. The predicted molar refractivity (Wildman–Crippen MR) is 107 cm³/mol. The molecule has 1 fully saturated rings. The molecule has 0 N–H and O–H groups in total. The SMILES string of the molecule is Cc1cc2c(cn1)CN(C(=O)C1(Cc3ccccc3)CN(c3nnc(C)o3)C1)C2. The zero-order valence-corrected chi connectivity index (χ0v) is 16.6.